The van der Waals surface area contributed by atoms with Crippen LogP contribution in [0.1, 0.15) is 30.4 Å². The molecule has 8 heteroatoms. The fraction of sp³-hybridized carbons (Fsp3) is 0.286. The number of rotatable bonds is 9. The largest absolute Gasteiger partial charge is 0.473 e. The Hall–Kier alpha value is -3.23. The van der Waals surface area contributed by atoms with E-state index in [0.717, 1.165) is 37.9 Å². The lowest BCUT2D eigenvalue weighted by Gasteiger charge is -2.07. The number of nitrogens with one attached hydrogen (secondary N) is 2. The molecule has 2 aromatic carbocycles. The Balaban J connectivity index is 0.000000612. The lowest BCUT2D eigenvalue weighted by molar-refractivity contribution is -0.159. The second kappa shape index (κ2) is 13.9. The maximum absolute atomic E-state index is 11.9. The van der Waals surface area contributed by atoms with Crippen LogP contribution in [0.2, 0.25) is 0 Å². The monoisotopic (exact) mass is 401 g/mol. The SMILES string of the molecule is NNCCc1ccc(NC(=O)CCCCc2ccccc2)cc1.O=C(O)C(=O)O. The smallest absolute Gasteiger partial charge is 0.414 e. The molecule has 29 heavy (non-hydrogen) atoms. The van der Waals surface area contributed by atoms with Crippen molar-refractivity contribution in [2.45, 2.75) is 32.1 Å². The van der Waals surface area contributed by atoms with E-state index in [-0.39, 0.29) is 5.91 Å². The first-order chi connectivity index (χ1) is 13.9. The first-order valence-electron chi connectivity index (χ1n) is 9.24. The molecule has 0 spiro atoms. The van der Waals surface area contributed by atoms with Gasteiger partial charge in [-0.2, -0.15) is 0 Å². The Morgan fingerprint density at radius 3 is 1.93 bits per heavy atom. The van der Waals surface area contributed by atoms with Gasteiger partial charge in [-0.15, -0.1) is 0 Å². The van der Waals surface area contributed by atoms with Gasteiger partial charge in [-0.3, -0.25) is 16.1 Å². The van der Waals surface area contributed by atoms with Gasteiger partial charge in [0.15, 0.2) is 0 Å². The highest BCUT2D eigenvalue weighted by Crippen LogP contribution is 2.12. The van der Waals surface area contributed by atoms with Crippen LogP contribution in [0, 0.1) is 0 Å². The summed E-state index contributed by atoms with van der Waals surface area (Å²) >= 11 is 0. The number of benzene rings is 2. The van der Waals surface area contributed by atoms with Gasteiger partial charge in [0.2, 0.25) is 5.91 Å². The van der Waals surface area contributed by atoms with Crippen LogP contribution >= 0.6 is 0 Å². The van der Waals surface area contributed by atoms with Gasteiger partial charge in [0.25, 0.3) is 0 Å². The van der Waals surface area contributed by atoms with Crippen molar-refractivity contribution in [2.24, 2.45) is 5.84 Å². The minimum atomic E-state index is -1.82. The molecule has 2 rings (SSSR count). The topological polar surface area (TPSA) is 142 Å². The van der Waals surface area contributed by atoms with Crippen molar-refractivity contribution in [1.29, 1.82) is 0 Å². The summed E-state index contributed by atoms with van der Waals surface area (Å²) in [6.45, 7) is 0.743. The van der Waals surface area contributed by atoms with E-state index in [4.69, 9.17) is 25.6 Å². The standard InChI is InChI=1S/C19H25N3O.C2H2O4/c20-21-15-14-17-10-12-18(13-11-17)22-19(23)9-5-4-8-16-6-2-1-3-7-16;3-1(4)2(5)6/h1-3,6-7,10-13,21H,4-5,8-9,14-15,20H2,(H,22,23);(H,3,4)(H,5,6). The molecular formula is C21H27N3O5. The van der Waals surface area contributed by atoms with E-state index in [0.29, 0.717) is 6.42 Å². The van der Waals surface area contributed by atoms with E-state index in [2.05, 4.69) is 35.0 Å². The molecule has 0 saturated heterocycles. The molecule has 0 bridgehead atoms. The Morgan fingerprint density at radius 1 is 0.793 bits per heavy atom. The highest BCUT2D eigenvalue weighted by atomic mass is 16.4. The van der Waals surface area contributed by atoms with Crippen LogP contribution in [0.4, 0.5) is 5.69 Å². The summed E-state index contributed by atoms with van der Waals surface area (Å²) in [5.41, 5.74) is 6.01. The highest BCUT2D eigenvalue weighted by Gasteiger charge is 2.04. The van der Waals surface area contributed by atoms with Crippen molar-refractivity contribution < 1.29 is 24.6 Å². The number of carbonyl (C=O) groups excluding carboxylic acids is 1. The zero-order chi connectivity index (χ0) is 21.5. The lowest BCUT2D eigenvalue weighted by Crippen LogP contribution is -2.24. The summed E-state index contributed by atoms with van der Waals surface area (Å²) < 4.78 is 0. The minimum Gasteiger partial charge on any atom is -0.473 e. The summed E-state index contributed by atoms with van der Waals surface area (Å²) in [6, 6.07) is 18.3. The molecule has 156 valence electrons. The molecule has 1 amide bonds. The Labute approximate surface area is 169 Å². The Bertz CT molecular complexity index is 752. The Morgan fingerprint density at radius 2 is 1.38 bits per heavy atom. The fourth-order valence-electron chi connectivity index (χ4n) is 2.45. The van der Waals surface area contributed by atoms with Gasteiger partial charge in [0, 0.05) is 18.7 Å². The van der Waals surface area contributed by atoms with Crippen molar-refractivity contribution in [3.8, 4) is 0 Å². The number of nitrogens with two attached hydrogens (primary N) is 1. The first-order valence-corrected chi connectivity index (χ1v) is 9.24. The van der Waals surface area contributed by atoms with Crippen molar-refractivity contribution in [3.05, 3.63) is 65.7 Å². The van der Waals surface area contributed by atoms with Crippen LogP contribution < -0.4 is 16.6 Å². The summed E-state index contributed by atoms with van der Waals surface area (Å²) in [5.74, 6) is 1.69. The third-order valence-electron chi connectivity index (χ3n) is 3.94. The molecular weight excluding hydrogens is 374 g/mol. The van der Waals surface area contributed by atoms with E-state index < -0.39 is 11.9 Å². The van der Waals surface area contributed by atoms with Crippen molar-refractivity contribution in [1.82, 2.24) is 5.43 Å². The van der Waals surface area contributed by atoms with Gasteiger partial charge in [0.05, 0.1) is 0 Å². The number of anilines is 1. The van der Waals surface area contributed by atoms with Crippen LogP contribution in [0.3, 0.4) is 0 Å². The molecule has 0 aliphatic heterocycles. The third kappa shape index (κ3) is 11.3. The number of carbonyl (C=O) groups is 3. The normalized spacial score (nSPS) is 9.83. The average Bonchev–Trinajstić information content (AvgIpc) is 2.72. The molecule has 6 N–H and O–H groups in total. The Kier molecular flexibility index (Phi) is 11.4. The number of hydrogen-bond acceptors (Lipinski definition) is 5. The molecule has 0 saturated carbocycles. The highest BCUT2D eigenvalue weighted by molar-refractivity contribution is 6.27. The predicted octanol–water partition coefficient (Wildman–Crippen LogP) is 2.20. The summed E-state index contributed by atoms with van der Waals surface area (Å²) in [4.78, 5) is 30.1. The van der Waals surface area contributed by atoms with Crippen molar-refractivity contribution in [3.63, 3.8) is 0 Å². The molecule has 0 unspecified atom stereocenters. The minimum absolute atomic E-state index is 0.0782. The summed E-state index contributed by atoms with van der Waals surface area (Å²) in [6.07, 6.45) is 4.40. The number of unbranched alkanes of at least 4 members (excludes halogenated alkanes) is 1. The van der Waals surface area contributed by atoms with Gasteiger partial charge < -0.3 is 15.5 Å². The van der Waals surface area contributed by atoms with Gasteiger partial charge in [-0.1, -0.05) is 42.5 Å². The van der Waals surface area contributed by atoms with Crippen LogP contribution in [0.15, 0.2) is 54.6 Å². The zero-order valence-corrected chi connectivity index (χ0v) is 16.1. The van der Waals surface area contributed by atoms with Crippen LogP contribution in [-0.4, -0.2) is 34.6 Å². The van der Waals surface area contributed by atoms with Gasteiger partial charge in [0.1, 0.15) is 0 Å². The molecule has 8 nitrogen and oxygen atoms in total. The fourth-order valence-corrected chi connectivity index (χ4v) is 2.45. The molecule has 0 aliphatic rings. The second-order valence-electron chi connectivity index (χ2n) is 6.25. The van der Waals surface area contributed by atoms with Gasteiger partial charge in [-0.25, -0.2) is 9.59 Å². The van der Waals surface area contributed by atoms with E-state index in [1.807, 2.05) is 30.3 Å². The van der Waals surface area contributed by atoms with Crippen LogP contribution in [0.5, 0.6) is 0 Å². The van der Waals surface area contributed by atoms with Crippen LogP contribution in [0.25, 0.3) is 0 Å². The number of aryl methyl sites for hydroxylation is 1. The summed E-state index contributed by atoms with van der Waals surface area (Å²) in [7, 11) is 0. The maximum atomic E-state index is 11.9. The van der Waals surface area contributed by atoms with Crippen molar-refractivity contribution in [2.75, 3.05) is 11.9 Å². The molecule has 0 heterocycles. The second-order valence-corrected chi connectivity index (χ2v) is 6.25. The lowest BCUT2D eigenvalue weighted by atomic mass is 10.1. The molecule has 0 aromatic heterocycles. The number of carboxylic acids is 2. The molecule has 0 radical (unpaired) electrons. The number of hydrogen-bond donors (Lipinski definition) is 5. The summed E-state index contributed by atoms with van der Waals surface area (Å²) in [5, 5.41) is 17.7. The van der Waals surface area contributed by atoms with E-state index in [1.54, 1.807) is 0 Å². The number of hydrazine groups is 1. The maximum Gasteiger partial charge on any atom is 0.414 e. The van der Waals surface area contributed by atoms with E-state index in [9.17, 15) is 4.79 Å². The molecule has 0 aliphatic carbocycles. The zero-order valence-electron chi connectivity index (χ0n) is 16.1. The van der Waals surface area contributed by atoms with E-state index >= 15 is 0 Å². The van der Waals surface area contributed by atoms with Crippen LogP contribution in [-0.2, 0) is 27.2 Å². The average molecular weight is 401 g/mol. The first kappa shape index (κ1) is 23.8. The quantitative estimate of drug-likeness (QED) is 0.188. The molecule has 0 atom stereocenters. The van der Waals surface area contributed by atoms with Gasteiger partial charge >= 0.3 is 11.9 Å². The third-order valence-corrected chi connectivity index (χ3v) is 3.94. The van der Waals surface area contributed by atoms with Crippen molar-refractivity contribution >= 4 is 23.5 Å². The molecule has 2 aromatic rings. The van der Waals surface area contributed by atoms with Gasteiger partial charge in [-0.05, 0) is 48.9 Å². The number of carboxylic acid groups (broad SMARTS) is 2. The number of amides is 1. The number of aliphatic carboxylic acids is 2. The van der Waals surface area contributed by atoms with E-state index in [1.165, 1.54) is 11.1 Å². The predicted molar refractivity (Wildman–Crippen MR) is 110 cm³/mol. The molecule has 0 fully saturated rings.